The van der Waals surface area contributed by atoms with E-state index in [0.717, 1.165) is 0 Å². The molecule has 0 aliphatic rings. The first-order valence-corrected chi connectivity index (χ1v) is 3.03. The van der Waals surface area contributed by atoms with Crippen molar-refractivity contribution in [2.24, 2.45) is 0 Å². The summed E-state index contributed by atoms with van der Waals surface area (Å²) in [7, 11) is 2.73. The molecule has 62 valence electrons. The monoisotopic (exact) mass is 172 g/mol. The van der Waals surface area contributed by atoms with Crippen LogP contribution in [0, 0.1) is 0 Å². The molecule has 0 bridgehead atoms. The second-order valence-corrected chi connectivity index (χ2v) is 1.70. The normalized spacial score (nSPS) is 11.5. The van der Waals surface area contributed by atoms with Gasteiger partial charge in [-0.05, 0) is 6.42 Å². The number of ether oxygens (including phenoxy) is 1. The van der Waals surface area contributed by atoms with Gasteiger partial charge in [0, 0.05) is 7.11 Å². The maximum atomic E-state index is 10.7. The average Bonchev–Trinajstić information content (AvgIpc) is 1.91. The van der Waals surface area contributed by atoms with E-state index in [1.807, 2.05) is 6.92 Å². The van der Waals surface area contributed by atoms with Gasteiger partial charge in [-0.3, -0.25) is 4.89 Å². The van der Waals surface area contributed by atoms with Crippen molar-refractivity contribution in [1.29, 1.82) is 0 Å². The van der Waals surface area contributed by atoms with Crippen molar-refractivity contribution in [3.8, 4) is 0 Å². The van der Waals surface area contributed by atoms with Crippen LogP contribution in [0.15, 0.2) is 0 Å². The maximum absolute atomic E-state index is 10.7. The van der Waals surface area contributed by atoms with Gasteiger partial charge < -0.3 is 4.74 Å². The first-order chi connectivity index (χ1) is 4.76. The Hall–Kier alpha value is 0.390. The summed E-state index contributed by atoms with van der Waals surface area (Å²) >= 11 is 0. The summed E-state index contributed by atoms with van der Waals surface area (Å²) < 4.78 is 4.76. The first kappa shape index (κ1) is 13.9. The first-order valence-electron chi connectivity index (χ1n) is 3.03. The summed E-state index contributed by atoms with van der Waals surface area (Å²) in [6, 6.07) is 0. The molecule has 1 unspecified atom stereocenters. The van der Waals surface area contributed by atoms with E-state index >= 15 is 0 Å². The summed E-state index contributed by atoms with van der Waals surface area (Å²) in [5.74, 6) is -0.493. The number of carbonyl (C=O) groups is 1. The number of rotatable bonds is 4. The van der Waals surface area contributed by atoms with Crippen LogP contribution in [0.25, 0.3) is 0 Å². The van der Waals surface area contributed by atoms with Crippen LogP contribution < -0.4 is 0 Å². The molecule has 11 heavy (non-hydrogen) atoms. The second-order valence-electron chi connectivity index (χ2n) is 1.70. The minimum absolute atomic E-state index is 0. The SMILES string of the molecule is CCC(OC)C(=O)OOC.[NaH]. The molecule has 1 atom stereocenters. The summed E-state index contributed by atoms with van der Waals surface area (Å²) in [5.41, 5.74) is 0. The second kappa shape index (κ2) is 8.49. The van der Waals surface area contributed by atoms with E-state index in [1.165, 1.54) is 14.2 Å². The molecule has 0 saturated carbocycles. The molecule has 4 nitrogen and oxygen atoms in total. The molecule has 0 heterocycles. The molecule has 0 amide bonds. The van der Waals surface area contributed by atoms with Crippen LogP contribution in [-0.4, -0.2) is 55.9 Å². The van der Waals surface area contributed by atoms with E-state index in [1.54, 1.807) is 0 Å². The third-order valence-corrected chi connectivity index (χ3v) is 1.08. The Balaban J connectivity index is 0. The van der Waals surface area contributed by atoms with Crippen molar-refractivity contribution in [2.45, 2.75) is 19.4 Å². The third kappa shape index (κ3) is 5.64. The van der Waals surface area contributed by atoms with Gasteiger partial charge in [0.1, 0.15) is 0 Å². The topological polar surface area (TPSA) is 44.8 Å². The molecule has 0 saturated heterocycles. The standard InChI is InChI=1S/C6H12O4.Na.H/c1-4-5(8-2)6(7)10-9-3;;/h5H,4H2,1-3H3;;. The fourth-order valence-electron chi connectivity index (χ4n) is 0.565. The van der Waals surface area contributed by atoms with E-state index in [0.29, 0.717) is 6.42 Å². The third-order valence-electron chi connectivity index (χ3n) is 1.08. The molecular formula is C6H13NaO4. The summed E-state index contributed by atoms with van der Waals surface area (Å²) in [6.07, 6.45) is 0.0681. The van der Waals surface area contributed by atoms with E-state index in [-0.39, 0.29) is 29.6 Å². The molecule has 0 radical (unpaired) electrons. The average molecular weight is 172 g/mol. The molecule has 0 fully saturated rings. The molecule has 0 N–H and O–H groups in total. The zero-order chi connectivity index (χ0) is 7.98. The van der Waals surface area contributed by atoms with Crippen molar-refractivity contribution < 1.29 is 19.3 Å². The zero-order valence-electron chi connectivity index (χ0n) is 6.42. The Morgan fingerprint density at radius 2 is 2.00 bits per heavy atom. The van der Waals surface area contributed by atoms with Crippen LogP contribution in [-0.2, 0) is 19.3 Å². The fourth-order valence-corrected chi connectivity index (χ4v) is 0.565. The van der Waals surface area contributed by atoms with Gasteiger partial charge >= 0.3 is 35.5 Å². The van der Waals surface area contributed by atoms with E-state index < -0.39 is 12.1 Å². The fraction of sp³-hybridized carbons (Fsp3) is 0.833. The van der Waals surface area contributed by atoms with Gasteiger partial charge in [0.15, 0.2) is 6.10 Å². The van der Waals surface area contributed by atoms with Crippen molar-refractivity contribution in [2.75, 3.05) is 14.2 Å². The molecule has 0 rings (SSSR count). The van der Waals surface area contributed by atoms with Crippen molar-refractivity contribution in [1.82, 2.24) is 0 Å². The van der Waals surface area contributed by atoms with E-state index in [2.05, 4.69) is 9.78 Å². The van der Waals surface area contributed by atoms with Gasteiger partial charge in [-0.25, -0.2) is 4.79 Å². The van der Waals surface area contributed by atoms with Crippen LogP contribution in [0.1, 0.15) is 13.3 Å². The van der Waals surface area contributed by atoms with Gasteiger partial charge in [-0.1, -0.05) is 6.92 Å². The summed E-state index contributed by atoms with van der Waals surface area (Å²) in [6.45, 7) is 1.82. The zero-order valence-corrected chi connectivity index (χ0v) is 6.42. The molecule has 0 aromatic rings. The molecule has 0 spiro atoms. The van der Waals surface area contributed by atoms with Crippen molar-refractivity contribution in [3.05, 3.63) is 0 Å². The Morgan fingerprint density at radius 3 is 2.27 bits per heavy atom. The number of hydrogen-bond acceptors (Lipinski definition) is 4. The summed E-state index contributed by atoms with van der Waals surface area (Å²) in [5, 5.41) is 0. The van der Waals surface area contributed by atoms with E-state index in [9.17, 15) is 4.79 Å². The molecule has 0 aromatic heterocycles. The quantitative estimate of drug-likeness (QED) is 0.336. The predicted octanol–water partition coefficient (Wildman–Crippen LogP) is -0.133. The van der Waals surface area contributed by atoms with Crippen LogP contribution in [0.2, 0.25) is 0 Å². The number of carbonyl (C=O) groups excluding carboxylic acids is 1. The Bertz CT molecular complexity index is 103. The Morgan fingerprint density at radius 1 is 1.45 bits per heavy atom. The van der Waals surface area contributed by atoms with Gasteiger partial charge in [0.2, 0.25) is 0 Å². The van der Waals surface area contributed by atoms with Crippen molar-refractivity contribution >= 4 is 35.5 Å². The molecule has 5 heteroatoms. The summed E-state index contributed by atoms with van der Waals surface area (Å²) in [4.78, 5) is 19.1. The molecule has 0 aliphatic heterocycles. The van der Waals surface area contributed by atoms with E-state index in [4.69, 9.17) is 4.74 Å². The Kier molecular flexibility index (Phi) is 10.8. The van der Waals surface area contributed by atoms with Gasteiger partial charge in [0.25, 0.3) is 0 Å². The Labute approximate surface area is 88.4 Å². The molecule has 0 aromatic carbocycles. The van der Waals surface area contributed by atoms with Crippen LogP contribution >= 0.6 is 0 Å². The van der Waals surface area contributed by atoms with Crippen molar-refractivity contribution in [3.63, 3.8) is 0 Å². The van der Waals surface area contributed by atoms with Gasteiger partial charge in [-0.2, -0.15) is 4.89 Å². The predicted molar refractivity (Wildman–Crippen MR) is 41.3 cm³/mol. The molecule has 0 aliphatic carbocycles. The van der Waals surface area contributed by atoms with Gasteiger partial charge in [-0.15, -0.1) is 0 Å². The van der Waals surface area contributed by atoms with Crippen LogP contribution in [0.4, 0.5) is 0 Å². The van der Waals surface area contributed by atoms with Crippen LogP contribution in [0.5, 0.6) is 0 Å². The molecular weight excluding hydrogens is 159 g/mol. The minimum atomic E-state index is -0.514. The number of methoxy groups -OCH3 is 1. The van der Waals surface area contributed by atoms with Gasteiger partial charge in [0.05, 0.1) is 7.11 Å². The number of hydrogen-bond donors (Lipinski definition) is 0. The van der Waals surface area contributed by atoms with Crippen LogP contribution in [0.3, 0.4) is 0 Å².